The van der Waals surface area contributed by atoms with Gasteiger partial charge in [-0.05, 0) is 75.2 Å². The van der Waals surface area contributed by atoms with Crippen molar-refractivity contribution in [1.82, 2.24) is 10.6 Å². The average molecular weight is 409 g/mol. The highest BCUT2D eigenvalue weighted by Crippen LogP contribution is 2.58. The van der Waals surface area contributed by atoms with Crippen LogP contribution in [0.2, 0.25) is 0 Å². The van der Waals surface area contributed by atoms with Crippen LogP contribution in [0.3, 0.4) is 0 Å². The number of halogens is 1. The van der Waals surface area contributed by atoms with Gasteiger partial charge in [-0.2, -0.15) is 0 Å². The molecule has 1 spiro atoms. The van der Waals surface area contributed by atoms with Crippen LogP contribution in [0.15, 0.2) is 24.3 Å². The quantitative estimate of drug-likeness (QED) is 0.759. The molecule has 4 rings (SSSR count). The molecule has 1 aliphatic carbocycles. The van der Waals surface area contributed by atoms with E-state index in [0.29, 0.717) is 13.2 Å². The van der Waals surface area contributed by atoms with Crippen molar-refractivity contribution in [3.8, 4) is 5.75 Å². The summed E-state index contributed by atoms with van der Waals surface area (Å²) >= 11 is 0. The van der Waals surface area contributed by atoms with E-state index >= 15 is 0 Å². The molecule has 1 unspecified atom stereocenters. The van der Waals surface area contributed by atoms with Crippen molar-refractivity contribution in [3.63, 3.8) is 0 Å². The Bertz CT molecular complexity index is 652. The minimum atomic E-state index is -0.0329. The predicted octanol–water partition coefficient (Wildman–Crippen LogP) is 3.06. The van der Waals surface area contributed by atoms with E-state index in [9.17, 15) is 4.79 Å². The first-order valence-corrected chi connectivity index (χ1v) is 10.5. The molecule has 2 heterocycles. The number of nitrogens with one attached hydrogen (secondary N) is 2. The Balaban J connectivity index is 0.00000225. The lowest BCUT2D eigenvalue weighted by Crippen LogP contribution is -2.45. The summed E-state index contributed by atoms with van der Waals surface area (Å²) in [5.41, 5.74) is 1.54. The lowest BCUT2D eigenvalue weighted by molar-refractivity contribution is -0.123. The number of amides is 1. The van der Waals surface area contributed by atoms with E-state index in [1.807, 2.05) is 19.1 Å². The third-order valence-electron chi connectivity index (χ3n) is 6.93. The number of carbonyl (C=O) groups excluding carboxylic acids is 1. The van der Waals surface area contributed by atoms with E-state index in [2.05, 4.69) is 22.8 Å². The molecule has 5 nitrogen and oxygen atoms in total. The largest absolute Gasteiger partial charge is 0.494 e. The van der Waals surface area contributed by atoms with Gasteiger partial charge in [-0.1, -0.05) is 12.1 Å². The molecule has 156 valence electrons. The van der Waals surface area contributed by atoms with Crippen molar-refractivity contribution in [2.24, 2.45) is 11.3 Å². The Morgan fingerprint density at radius 1 is 1.18 bits per heavy atom. The van der Waals surface area contributed by atoms with E-state index in [-0.39, 0.29) is 35.1 Å². The van der Waals surface area contributed by atoms with Gasteiger partial charge in [-0.3, -0.25) is 4.79 Å². The summed E-state index contributed by atoms with van der Waals surface area (Å²) in [5.74, 6) is 1.38. The lowest BCUT2D eigenvalue weighted by Gasteiger charge is -2.38. The molecule has 1 atom stereocenters. The van der Waals surface area contributed by atoms with E-state index in [1.54, 1.807) is 0 Å². The van der Waals surface area contributed by atoms with Crippen molar-refractivity contribution < 1.29 is 14.3 Å². The number of benzene rings is 1. The van der Waals surface area contributed by atoms with Crippen LogP contribution in [0, 0.1) is 11.3 Å². The maximum atomic E-state index is 12.9. The van der Waals surface area contributed by atoms with Crippen molar-refractivity contribution in [2.75, 3.05) is 39.5 Å². The molecule has 28 heavy (non-hydrogen) atoms. The van der Waals surface area contributed by atoms with Crippen molar-refractivity contribution in [3.05, 3.63) is 29.8 Å². The minimum absolute atomic E-state index is 0. The van der Waals surface area contributed by atoms with Gasteiger partial charge in [-0.15, -0.1) is 12.4 Å². The Morgan fingerprint density at radius 2 is 1.86 bits per heavy atom. The molecule has 2 N–H and O–H groups in total. The molecule has 3 aliphatic rings. The Hall–Kier alpha value is -1.30. The van der Waals surface area contributed by atoms with Crippen LogP contribution in [-0.4, -0.2) is 45.4 Å². The van der Waals surface area contributed by atoms with E-state index < -0.39 is 0 Å². The van der Waals surface area contributed by atoms with Gasteiger partial charge in [0.1, 0.15) is 5.75 Å². The van der Waals surface area contributed by atoms with Crippen LogP contribution >= 0.6 is 12.4 Å². The highest BCUT2D eigenvalue weighted by Gasteiger charge is 2.57. The SMILES string of the molecule is CCOc1ccc(C2(CNC(=O)C3CC34CCNCC4)CCOCC2)cc1.Cl. The smallest absolute Gasteiger partial charge is 0.223 e. The van der Waals surface area contributed by atoms with Gasteiger partial charge in [0.15, 0.2) is 0 Å². The van der Waals surface area contributed by atoms with E-state index in [0.717, 1.165) is 64.2 Å². The second-order valence-corrected chi connectivity index (χ2v) is 8.44. The fraction of sp³-hybridized carbons (Fsp3) is 0.682. The molecular formula is C22H33ClN2O3. The normalized spacial score (nSPS) is 24.8. The molecule has 1 amide bonds. The molecule has 0 aromatic heterocycles. The third-order valence-corrected chi connectivity index (χ3v) is 6.93. The van der Waals surface area contributed by atoms with Crippen LogP contribution in [0.5, 0.6) is 5.75 Å². The Morgan fingerprint density at radius 3 is 2.50 bits per heavy atom. The monoisotopic (exact) mass is 408 g/mol. The zero-order chi connectivity index (χ0) is 18.7. The molecule has 1 aromatic carbocycles. The van der Waals surface area contributed by atoms with Crippen LogP contribution in [0.25, 0.3) is 0 Å². The van der Waals surface area contributed by atoms with Crippen LogP contribution in [0.1, 0.15) is 44.6 Å². The predicted molar refractivity (Wildman–Crippen MR) is 112 cm³/mol. The van der Waals surface area contributed by atoms with Crippen molar-refractivity contribution in [2.45, 2.75) is 44.4 Å². The first-order valence-electron chi connectivity index (χ1n) is 10.5. The lowest BCUT2D eigenvalue weighted by atomic mass is 9.74. The summed E-state index contributed by atoms with van der Waals surface area (Å²) < 4.78 is 11.2. The van der Waals surface area contributed by atoms with E-state index in [1.165, 1.54) is 5.56 Å². The molecule has 1 aromatic rings. The fourth-order valence-electron chi connectivity index (χ4n) is 4.98. The number of piperidine rings is 1. The molecular weight excluding hydrogens is 376 g/mol. The molecule has 0 radical (unpaired) electrons. The molecule has 6 heteroatoms. The van der Waals surface area contributed by atoms with Gasteiger partial charge in [0.05, 0.1) is 6.61 Å². The zero-order valence-electron chi connectivity index (χ0n) is 16.8. The van der Waals surface area contributed by atoms with Gasteiger partial charge in [-0.25, -0.2) is 0 Å². The Labute approximate surface area is 174 Å². The van der Waals surface area contributed by atoms with Gasteiger partial charge < -0.3 is 20.1 Å². The zero-order valence-corrected chi connectivity index (χ0v) is 17.6. The topological polar surface area (TPSA) is 59.6 Å². The third kappa shape index (κ3) is 4.32. The maximum Gasteiger partial charge on any atom is 0.223 e. The number of rotatable bonds is 6. The van der Waals surface area contributed by atoms with Crippen LogP contribution in [0.4, 0.5) is 0 Å². The summed E-state index contributed by atoms with van der Waals surface area (Å²) in [4.78, 5) is 12.9. The number of carbonyl (C=O) groups is 1. The minimum Gasteiger partial charge on any atom is -0.494 e. The summed E-state index contributed by atoms with van der Waals surface area (Å²) in [7, 11) is 0. The molecule has 2 aliphatic heterocycles. The summed E-state index contributed by atoms with van der Waals surface area (Å²) in [6.45, 7) is 6.98. The number of ether oxygens (including phenoxy) is 2. The average Bonchev–Trinajstić information content (AvgIpc) is 3.41. The standard InChI is InChI=1S/C22H32N2O3.ClH/c1-2-27-18-5-3-17(4-6-18)22(9-13-26-14-10-22)16-24-20(25)19-15-21(19)7-11-23-12-8-21;/h3-6,19,23H,2,7-16H2,1H3,(H,24,25);1H. The highest BCUT2D eigenvalue weighted by molar-refractivity contribution is 5.85. The Kier molecular flexibility index (Phi) is 6.89. The summed E-state index contributed by atoms with van der Waals surface area (Å²) in [5, 5.41) is 6.73. The molecule has 1 saturated carbocycles. The molecule has 0 bridgehead atoms. The number of hydrogen-bond acceptors (Lipinski definition) is 4. The van der Waals surface area contributed by atoms with E-state index in [4.69, 9.17) is 9.47 Å². The van der Waals surface area contributed by atoms with Crippen molar-refractivity contribution in [1.29, 1.82) is 0 Å². The van der Waals surface area contributed by atoms with Crippen LogP contribution < -0.4 is 15.4 Å². The van der Waals surface area contributed by atoms with Gasteiger partial charge in [0.25, 0.3) is 0 Å². The maximum absolute atomic E-state index is 12.9. The highest BCUT2D eigenvalue weighted by atomic mass is 35.5. The van der Waals surface area contributed by atoms with Crippen LogP contribution in [-0.2, 0) is 14.9 Å². The molecule has 3 fully saturated rings. The molecule has 2 saturated heterocycles. The van der Waals surface area contributed by atoms with Gasteiger partial charge in [0.2, 0.25) is 5.91 Å². The van der Waals surface area contributed by atoms with Gasteiger partial charge >= 0.3 is 0 Å². The second kappa shape index (κ2) is 9.02. The fourth-order valence-corrected chi connectivity index (χ4v) is 4.98. The summed E-state index contributed by atoms with van der Waals surface area (Å²) in [6.07, 6.45) is 5.24. The number of hydrogen-bond donors (Lipinski definition) is 2. The first-order chi connectivity index (χ1) is 13.2. The first kappa shape index (κ1) is 21.4. The van der Waals surface area contributed by atoms with Gasteiger partial charge in [0, 0.05) is 31.1 Å². The summed E-state index contributed by atoms with van der Waals surface area (Å²) in [6, 6.07) is 8.41. The second-order valence-electron chi connectivity index (χ2n) is 8.44. The van der Waals surface area contributed by atoms with Crippen molar-refractivity contribution >= 4 is 18.3 Å².